The lowest BCUT2D eigenvalue weighted by atomic mass is 10.2. The van der Waals surface area contributed by atoms with E-state index in [4.69, 9.17) is 27.6 Å². The largest absolute Gasteiger partial charge is 0.441 e. The second-order valence-electron chi connectivity index (χ2n) is 5.64. The maximum absolute atomic E-state index is 11.9. The molecule has 2 amide bonds. The highest BCUT2D eigenvalue weighted by atomic mass is 35.5. The van der Waals surface area contributed by atoms with E-state index in [1.54, 1.807) is 36.5 Å². The maximum atomic E-state index is 11.9. The third-order valence-electron chi connectivity index (χ3n) is 3.65. The van der Waals surface area contributed by atoms with Crippen LogP contribution in [-0.2, 0) is 11.2 Å². The molecule has 0 saturated heterocycles. The Labute approximate surface area is 165 Å². The molecule has 6 nitrogen and oxygen atoms in total. The van der Waals surface area contributed by atoms with Crippen molar-refractivity contribution in [3.63, 3.8) is 0 Å². The lowest BCUT2D eigenvalue weighted by Gasteiger charge is -2.07. The minimum Gasteiger partial charge on any atom is -0.441 e. The van der Waals surface area contributed by atoms with Gasteiger partial charge in [0.05, 0.1) is 6.20 Å². The van der Waals surface area contributed by atoms with Crippen LogP contribution in [0.15, 0.2) is 59.1 Å². The van der Waals surface area contributed by atoms with Crippen LogP contribution in [0.3, 0.4) is 0 Å². The minimum atomic E-state index is -0.452. The number of hydrazine groups is 1. The Hall–Kier alpha value is -2.83. The second kappa shape index (κ2) is 8.70. The van der Waals surface area contributed by atoms with Crippen molar-refractivity contribution in [2.45, 2.75) is 12.8 Å². The third-order valence-corrected chi connectivity index (χ3v) is 4.14. The summed E-state index contributed by atoms with van der Waals surface area (Å²) in [7, 11) is 0. The highest BCUT2D eigenvalue weighted by Crippen LogP contribution is 2.22. The number of halogens is 2. The van der Waals surface area contributed by atoms with Crippen LogP contribution < -0.4 is 10.9 Å². The monoisotopic (exact) mass is 403 g/mol. The molecule has 0 aliphatic carbocycles. The number of amides is 2. The molecule has 0 unspecified atom stereocenters. The van der Waals surface area contributed by atoms with Gasteiger partial charge in [0, 0.05) is 34.0 Å². The molecule has 1 aromatic heterocycles. The zero-order valence-corrected chi connectivity index (χ0v) is 15.6. The van der Waals surface area contributed by atoms with Crippen LogP contribution in [0.1, 0.15) is 22.7 Å². The predicted molar refractivity (Wildman–Crippen MR) is 102 cm³/mol. The van der Waals surface area contributed by atoms with Gasteiger partial charge in [-0.2, -0.15) is 0 Å². The fourth-order valence-electron chi connectivity index (χ4n) is 2.28. The first kappa shape index (κ1) is 18.9. The molecule has 8 heteroatoms. The van der Waals surface area contributed by atoms with Crippen LogP contribution in [0, 0.1) is 0 Å². The SMILES string of the molecule is O=C(CCc1ncc(-c2ccc(Cl)cc2)o1)NNC(=O)c1cccc(Cl)c1. The van der Waals surface area contributed by atoms with Gasteiger partial charge in [-0.05, 0) is 42.5 Å². The standard InChI is InChI=1S/C19H15Cl2N3O3/c20-14-6-4-12(5-7-14)16-11-22-18(27-16)9-8-17(25)23-24-19(26)13-2-1-3-15(21)10-13/h1-7,10-11H,8-9H2,(H,23,25)(H,24,26). The summed E-state index contributed by atoms with van der Waals surface area (Å²) in [5.74, 6) is 0.205. The lowest BCUT2D eigenvalue weighted by Crippen LogP contribution is -2.41. The molecular weight excluding hydrogens is 389 g/mol. The summed E-state index contributed by atoms with van der Waals surface area (Å²) in [6, 6.07) is 13.6. The van der Waals surface area contributed by atoms with E-state index in [2.05, 4.69) is 15.8 Å². The molecule has 3 aromatic rings. The maximum Gasteiger partial charge on any atom is 0.269 e. The summed E-state index contributed by atoms with van der Waals surface area (Å²) in [6.45, 7) is 0. The van der Waals surface area contributed by atoms with Gasteiger partial charge in [0.15, 0.2) is 11.7 Å². The number of nitrogens with zero attached hydrogens (tertiary/aromatic N) is 1. The molecular formula is C19H15Cl2N3O3. The molecule has 138 valence electrons. The molecule has 0 atom stereocenters. The Morgan fingerprint density at radius 3 is 2.52 bits per heavy atom. The number of carbonyl (C=O) groups is 2. The van der Waals surface area contributed by atoms with Gasteiger partial charge in [0.1, 0.15) is 0 Å². The van der Waals surface area contributed by atoms with Gasteiger partial charge in [0.2, 0.25) is 5.91 Å². The lowest BCUT2D eigenvalue weighted by molar-refractivity contribution is -0.121. The van der Waals surface area contributed by atoms with E-state index in [1.807, 2.05) is 12.1 Å². The number of carbonyl (C=O) groups excluding carboxylic acids is 2. The molecule has 27 heavy (non-hydrogen) atoms. The van der Waals surface area contributed by atoms with Crippen LogP contribution in [0.5, 0.6) is 0 Å². The molecule has 3 rings (SSSR count). The van der Waals surface area contributed by atoms with E-state index in [0.29, 0.717) is 33.7 Å². The first-order valence-electron chi connectivity index (χ1n) is 8.06. The van der Waals surface area contributed by atoms with E-state index in [-0.39, 0.29) is 12.3 Å². The Balaban J connectivity index is 1.48. The number of rotatable bonds is 5. The van der Waals surface area contributed by atoms with Gasteiger partial charge < -0.3 is 4.42 Å². The zero-order valence-electron chi connectivity index (χ0n) is 14.0. The summed E-state index contributed by atoms with van der Waals surface area (Å²) in [5.41, 5.74) is 5.88. The number of aromatic nitrogens is 1. The van der Waals surface area contributed by atoms with Gasteiger partial charge >= 0.3 is 0 Å². The van der Waals surface area contributed by atoms with E-state index in [1.165, 1.54) is 6.07 Å². The van der Waals surface area contributed by atoms with Crippen molar-refractivity contribution in [3.8, 4) is 11.3 Å². The van der Waals surface area contributed by atoms with Crippen molar-refractivity contribution in [1.29, 1.82) is 0 Å². The normalized spacial score (nSPS) is 10.4. The van der Waals surface area contributed by atoms with Crippen LogP contribution in [-0.4, -0.2) is 16.8 Å². The summed E-state index contributed by atoms with van der Waals surface area (Å²) < 4.78 is 5.63. The summed E-state index contributed by atoms with van der Waals surface area (Å²) in [6.07, 6.45) is 2.00. The molecule has 0 radical (unpaired) electrons. The van der Waals surface area contributed by atoms with Gasteiger partial charge in [-0.25, -0.2) is 4.98 Å². The first-order chi connectivity index (χ1) is 13.0. The number of nitrogens with one attached hydrogen (secondary N) is 2. The number of benzene rings is 2. The number of aryl methyl sites for hydroxylation is 1. The summed E-state index contributed by atoms with van der Waals surface area (Å²) >= 11 is 11.7. The molecule has 0 aliphatic rings. The molecule has 2 aromatic carbocycles. The zero-order chi connectivity index (χ0) is 19.2. The number of oxazole rings is 1. The van der Waals surface area contributed by atoms with Crippen molar-refractivity contribution < 1.29 is 14.0 Å². The highest BCUT2D eigenvalue weighted by molar-refractivity contribution is 6.31. The summed E-state index contributed by atoms with van der Waals surface area (Å²) in [4.78, 5) is 28.0. The van der Waals surface area contributed by atoms with Crippen molar-refractivity contribution >= 4 is 35.0 Å². The van der Waals surface area contributed by atoms with Crippen LogP contribution in [0.25, 0.3) is 11.3 Å². The number of hydrogen-bond donors (Lipinski definition) is 2. The second-order valence-corrected chi connectivity index (χ2v) is 6.51. The van der Waals surface area contributed by atoms with Gasteiger partial charge in [0.25, 0.3) is 5.91 Å². The van der Waals surface area contributed by atoms with Crippen molar-refractivity contribution in [3.05, 3.63) is 76.2 Å². The average molecular weight is 404 g/mol. The molecule has 0 saturated carbocycles. The molecule has 0 bridgehead atoms. The van der Waals surface area contributed by atoms with Gasteiger partial charge in [-0.3, -0.25) is 20.4 Å². The molecule has 0 aliphatic heterocycles. The van der Waals surface area contributed by atoms with E-state index >= 15 is 0 Å². The Morgan fingerprint density at radius 1 is 1.00 bits per heavy atom. The minimum absolute atomic E-state index is 0.108. The first-order valence-corrected chi connectivity index (χ1v) is 8.82. The Bertz CT molecular complexity index is 955. The van der Waals surface area contributed by atoms with Gasteiger partial charge in [-0.1, -0.05) is 29.3 Å². The average Bonchev–Trinajstić information content (AvgIpc) is 3.14. The van der Waals surface area contributed by atoms with Gasteiger partial charge in [-0.15, -0.1) is 0 Å². The molecule has 2 N–H and O–H groups in total. The molecule has 0 fully saturated rings. The smallest absolute Gasteiger partial charge is 0.269 e. The summed E-state index contributed by atoms with van der Waals surface area (Å²) in [5, 5.41) is 1.07. The fraction of sp³-hybridized carbons (Fsp3) is 0.105. The molecule has 0 spiro atoms. The quantitative estimate of drug-likeness (QED) is 0.629. The van der Waals surface area contributed by atoms with Crippen LogP contribution >= 0.6 is 23.2 Å². The fourth-order valence-corrected chi connectivity index (χ4v) is 2.60. The highest BCUT2D eigenvalue weighted by Gasteiger charge is 2.11. The van der Waals surface area contributed by atoms with E-state index < -0.39 is 5.91 Å². The number of hydrogen-bond acceptors (Lipinski definition) is 4. The van der Waals surface area contributed by atoms with Crippen molar-refractivity contribution in [2.24, 2.45) is 0 Å². The van der Waals surface area contributed by atoms with Crippen LogP contribution in [0.4, 0.5) is 0 Å². The van der Waals surface area contributed by atoms with Crippen molar-refractivity contribution in [2.75, 3.05) is 0 Å². The predicted octanol–water partition coefficient (Wildman–Crippen LogP) is 4.04. The van der Waals surface area contributed by atoms with Crippen LogP contribution in [0.2, 0.25) is 10.0 Å². The Kier molecular flexibility index (Phi) is 6.11. The Morgan fingerprint density at radius 2 is 1.78 bits per heavy atom. The third kappa shape index (κ3) is 5.32. The topological polar surface area (TPSA) is 84.2 Å². The molecule has 1 heterocycles. The van der Waals surface area contributed by atoms with E-state index in [9.17, 15) is 9.59 Å². The van der Waals surface area contributed by atoms with E-state index in [0.717, 1.165) is 5.56 Å². The van der Waals surface area contributed by atoms with Crippen molar-refractivity contribution in [1.82, 2.24) is 15.8 Å².